The lowest BCUT2D eigenvalue weighted by atomic mass is 10.1. The molecule has 6 heteroatoms. The predicted molar refractivity (Wildman–Crippen MR) is 110 cm³/mol. The van der Waals surface area contributed by atoms with Crippen molar-refractivity contribution in [1.29, 1.82) is 0 Å². The van der Waals surface area contributed by atoms with Gasteiger partial charge in [0.05, 0.1) is 8.66 Å². The first-order valence-electron chi connectivity index (χ1n) is 7.47. The highest BCUT2D eigenvalue weighted by molar-refractivity contribution is 9.11. The van der Waals surface area contributed by atoms with Gasteiger partial charge in [0.1, 0.15) is 0 Å². The van der Waals surface area contributed by atoms with E-state index in [9.17, 15) is 4.79 Å². The molecule has 2 nitrogen and oxygen atoms in total. The van der Waals surface area contributed by atoms with Crippen LogP contribution in [0.5, 0.6) is 0 Å². The van der Waals surface area contributed by atoms with Gasteiger partial charge in [0.15, 0.2) is 0 Å². The zero-order valence-corrected chi connectivity index (χ0v) is 16.9. The van der Waals surface area contributed by atoms with Crippen molar-refractivity contribution in [1.82, 2.24) is 5.32 Å². The van der Waals surface area contributed by atoms with Gasteiger partial charge < -0.3 is 5.32 Å². The van der Waals surface area contributed by atoms with Gasteiger partial charge in [-0.2, -0.15) is 11.8 Å². The molecular weight excluding hydrogens is 422 g/mol. The lowest BCUT2D eigenvalue weighted by Gasteiger charge is -2.06. The molecule has 0 aliphatic carbocycles. The van der Waals surface area contributed by atoms with Crippen molar-refractivity contribution in [2.45, 2.75) is 5.75 Å². The van der Waals surface area contributed by atoms with Crippen molar-refractivity contribution >= 4 is 56.3 Å². The van der Waals surface area contributed by atoms with Crippen LogP contribution in [0.3, 0.4) is 0 Å². The number of carbonyl (C=O) groups excluding carboxylic acids is 1. The molecule has 0 fully saturated rings. The Morgan fingerprint density at radius 2 is 1.96 bits per heavy atom. The molecule has 0 saturated heterocycles. The maximum Gasteiger partial charge on any atom is 0.262 e. The number of hydrogen-bond acceptors (Lipinski definition) is 4. The summed E-state index contributed by atoms with van der Waals surface area (Å²) in [6.07, 6.45) is 0. The van der Waals surface area contributed by atoms with Crippen molar-refractivity contribution in [3.8, 4) is 11.1 Å². The normalized spacial score (nSPS) is 10.7. The van der Waals surface area contributed by atoms with E-state index in [1.807, 2.05) is 53.5 Å². The van der Waals surface area contributed by atoms with Crippen molar-refractivity contribution < 1.29 is 4.79 Å². The summed E-state index contributed by atoms with van der Waals surface area (Å²) in [6.45, 7) is 0.683. The molecule has 2 heterocycles. The molecule has 0 atom stereocenters. The van der Waals surface area contributed by atoms with E-state index in [0.29, 0.717) is 6.54 Å². The molecule has 1 aromatic carbocycles. The number of amides is 1. The zero-order chi connectivity index (χ0) is 16.8. The smallest absolute Gasteiger partial charge is 0.262 e. The number of rotatable bonds is 7. The van der Waals surface area contributed by atoms with Crippen LogP contribution in [0.15, 0.2) is 57.7 Å². The van der Waals surface area contributed by atoms with Gasteiger partial charge in [0, 0.05) is 28.5 Å². The molecule has 1 amide bonds. The van der Waals surface area contributed by atoms with Crippen LogP contribution in [-0.4, -0.2) is 18.2 Å². The Bertz CT molecular complexity index is 797. The third-order valence-corrected chi connectivity index (χ3v) is 7.09. The van der Waals surface area contributed by atoms with E-state index in [0.717, 1.165) is 31.3 Å². The summed E-state index contributed by atoms with van der Waals surface area (Å²) in [5.41, 5.74) is 2.09. The molecule has 0 aliphatic rings. The van der Waals surface area contributed by atoms with E-state index >= 15 is 0 Å². The number of benzene rings is 1. The first-order valence-corrected chi connectivity index (χ1v) is 11.1. The minimum absolute atomic E-state index is 0.0170. The Morgan fingerprint density at radius 3 is 2.71 bits per heavy atom. The topological polar surface area (TPSA) is 29.1 Å². The number of thioether (sulfide) groups is 1. The fourth-order valence-electron chi connectivity index (χ4n) is 2.25. The van der Waals surface area contributed by atoms with Crippen LogP contribution in [0.25, 0.3) is 11.1 Å². The molecule has 0 saturated carbocycles. The summed E-state index contributed by atoms with van der Waals surface area (Å²) in [7, 11) is 0. The second-order valence-electron chi connectivity index (χ2n) is 5.04. The summed E-state index contributed by atoms with van der Waals surface area (Å²) in [5, 5.41) is 5.00. The Hall–Kier alpha value is -1.08. The van der Waals surface area contributed by atoms with Gasteiger partial charge in [-0.25, -0.2) is 0 Å². The number of halogens is 1. The third-order valence-electron chi connectivity index (χ3n) is 3.36. The minimum Gasteiger partial charge on any atom is -0.350 e. The first-order chi connectivity index (χ1) is 11.7. The molecule has 0 radical (unpaired) electrons. The number of thiophene rings is 2. The Balaban J connectivity index is 1.48. The molecule has 0 bridgehead atoms. The lowest BCUT2D eigenvalue weighted by Crippen LogP contribution is -2.25. The van der Waals surface area contributed by atoms with Crippen LogP contribution in [0, 0.1) is 0 Å². The van der Waals surface area contributed by atoms with Crippen molar-refractivity contribution in [3.05, 3.63) is 67.5 Å². The van der Waals surface area contributed by atoms with Gasteiger partial charge >= 0.3 is 0 Å². The van der Waals surface area contributed by atoms with Crippen LogP contribution in [0.2, 0.25) is 0 Å². The maximum atomic E-state index is 12.4. The van der Waals surface area contributed by atoms with E-state index in [1.54, 1.807) is 11.3 Å². The molecule has 124 valence electrons. The van der Waals surface area contributed by atoms with Gasteiger partial charge in [-0.1, -0.05) is 30.3 Å². The summed E-state index contributed by atoms with van der Waals surface area (Å²) >= 11 is 8.57. The molecular formula is C18H16BrNOS3. The highest BCUT2D eigenvalue weighted by Crippen LogP contribution is 2.28. The van der Waals surface area contributed by atoms with E-state index in [-0.39, 0.29) is 5.91 Å². The first kappa shape index (κ1) is 17.7. The highest BCUT2D eigenvalue weighted by atomic mass is 79.9. The summed E-state index contributed by atoms with van der Waals surface area (Å²) in [6, 6.07) is 16.3. The quantitative estimate of drug-likeness (QED) is 0.465. The Kier molecular flexibility index (Phi) is 6.54. The second-order valence-corrected chi connectivity index (χ2v) is 9.61. The van der Waals surface area contributed by atoms with E-state index in [4.69, 9.17) is 0 Å². The van der Waals surface area contributed by atoms with Crippen LogP contribution >= 0.6 is 50.4 Å². The standard InChI is InChI=1S/C18H16BrNOS3/c19-16-7-6-14(24-16)12-22-11-9-20-18(21)17-15(8-10-23-17)13-4-2-1-3-5-13/h1-8,10H,9,11-12H2,(H,20,21). The highest BCUT2D eigenvalue weighted by Gasteiger charge is 2.13. The molecule has 3 rings (SSSR count). The fraction of sp³-hybridized carbons (Fsp3) is 0.167. The van der Waals surface area contributed by atoms with Crippen LogP contribution < -0.4 is 5.32 Å². The molecule has 3 aromatic rings. The van der Waals surface area contributed by atoms with E-state index < -0.39 is 0 Å². The van der Waals surface area contributed by atoms with Gasteiger partial charge in [0.25, 0.3) is 5.91 Å². The lowest BCUT2D eigenvalue weighted by molar-refractivity contribution is 0.0961. The molecule has 0 unspecified atom stereocenters. The number of nitrogens with one attached hydrogen (secondary N) is 1. The largest absolute Gasteiger partial charge is 0.350 e. The predicted octanol–water partition coefficient (Wildman–Crippen LogP) is 5.90. The maximum absolute atomic E-state index is 12.4. The van der Waals surface area contributed by atoms with Crippen LogP contribution in [0.4, 0.5) is 0 Å². The summed E-state index contributed by atoms with van der Waals surface area (Å²) in [5.74, 6) is 1.91. The molecule has 2 aromatic heterocycles. The van der Waals surface area contributed by atoms with Crippen LogP contribution in [0.1, 0.15) is 14.5 Å². The molecule has 0 spiro atoms. The van der Waals surface area contributed by atoms with Gasteiger partial charge in [-0.05, 0) is 45.1 Å². The van der Waals surface area contributed by atoms with Crippen molar-refractivity contribution in [2.75, 3.05) is 12.3 Å². The Morgan fingerprint density at radius 1 is 1.12 bits per heavy atom. The monoisotopic (exact) mass is 437 g/mol. The molecule has 0 aliphatic heterocycles. The van der Waals surface area contributed by atoms with Crippen molar-refractivity contribution in [3.63, 3.8) is 0 Å². The summed E-state index contributed by atoms with van der Waals surface area (Å²) in [4.78, 5) is 14.6. The van der Waals surface area contributed by atoms with Crippen LogP contribution in [-0.2, 0) is 5.75 Å². The average Bonchev–Trinajstić information content (AvgIpc) is 3.24. The molecule has 1 N–H and O–H groups in total. The summed E-state index contributed by atoms with van der Waals surface area (Å²) < 4.78 is 1.16. The fourth-order valence-corrected chi connectivity index (χ4v) is 5.53. The second kappa shape index (κ2) is 8.85. The zero-order valence-electron chi connectivity index (χ0n) is 12.8. The van der Waals surface area contributed by atoms with Gasteiger partial charge in [-0.15, -0.1) is 22.7 Å². The SMILES string of the molecule is O=C(NCCSCc1ccc(Br)s1)c1sccc1-c1ccccc1. The average molecular weight is 438 g/mol. The van der Waals surface area contributed by atoms with Gasteiger partial charge in [0.2, 0.25) is 0 Å². The van der Waals surface area contributed by atoms with Crippen molar-refractivity contribution in [2.24, 2.45) is 0 Å². The number of hydrogen-bond donors (Lipinski definition) is 1. The van der Waals surface area contributed by atoms with Gasteiger partial charge in [-0.3, -0.25) is 4.79 Å². The Labute approximate surface area is 162 Å². The number of carbonyl (C=O) groups is 1. The third kappa shape index (κ3) is 4.72. The van der Waals surface area contributed by atoms with E-state index in [2.05, 4.69) is 33.4 Å². The molecule has 24 heavy (non-hydrogen) atoms. The van der Waals surface area contributed by atoms with E-state index in [1.165, 1.54) is 16.2 Å². The minimum atomic E-state index is 0.0170.